The smallest absolute Gasteiger partial charge is 0.357 e. The first kappa shape index (κ1) is 14.2. The highest BCUT2D eigenvalue weighted by Gasteiger charge is 2.35. The van der Waals surface area contributed by atoms with E-state index in [1.54, 1.807) is 0 Å². The number of nitrogens with zero attached hydrogens (tertiary/aromatic N) is 2. The van der Waals surface area contributed by atoms with Gasteiger partial charge >= 0.3 is 6.18 Å². The van der Waals surface area contributed by atoms with Crippen LogP contribution in [0.15, 0.2) is 0 Å². The minimum atomic E-state index is -4.41. The molecule has 3 nitrogen and oxygen atoms in total. The SMILES string of the molecule is CCC(CC)C(C)Nc1nnc(C(F)(F)F)s1. The third-order valence-corrected chi connectivity index (χ3v) is 3.67. The van der Waals surface area contributed by atoms with Gasteiger partial charge in [-0.05, 0) is 12.8 Å². The van der Waals surface area contributed by atoms with Gasteiger partial charge in [0.15, 0.2) is 0 Å². The maximum atomic E-state index is 12.3. The van der Waals surface area contributed by atoms with E-state index < -0.39 is 11.2 Å². The van der Waals surface area contributed by atoms with E-state index in [4.69, 9.17) is 0 Å². The van der Waals surface area contributed by atoms with Crippen molar-refractivity contribution in [1.29, 1.82) is 0 Å². The summed E-state index contributed by atoms with van der Waals surface area (Å²) < 4.78 is 36.9. The van der Waals surface area contributed by atoms with Gasteiger partial charge in [0.2, 0.25) is 10.1 Å². The zero-order chi connectivity index (χ0) is 13.1. The summed E-state index contributed by atoms with van der Waals surface area (Å²) in [4.78, 5) is 0. The molecular weight excluding hydrogens is 251 g/mol. The van der Waals surface area contributed by atoms with Crippen LogP contribution in [0.1, 0.15) is 38.6 Å². The Balaban J connectivity index is 2.66. The number of nitrogens with one attached hydrogen (secondary N) is 1. The normalized spacial score (nSPS) is 14.1. The second-order valence-corrected chi connectivity index (χ2v) is 4.90. The Kier molecular flexibility index (Phi) is 4.73. The van der Waals surface area contributed by atoms with Gasteiger partial charge in [0.25, 0.3) is 0 Å². The summed E-state index contributed by atoms with van der Waals surface area (Å²) in [5.41, 5.74) is 0. The Labute approximate surface area is 102 Å². The fourth-order valence-electron chi connectivity index (χ4n) is 1.70. The van der Waals surface area contributed by atoms with E-state index in [2.05, 4.69) is 29.4 Å². The summed E-state index contributed by atoms with van der Waals surface area (Å²) in [7, 11) is 0. The standard InChI is InChI=1S/C10H16F3N3S/c1-4-7(5-2)6(3)14-9-16-15-8(17-9)10(11,12)13/h6-7H,4-5H2,1-3H3,(H,14,16). The van der Waals surface area contributed by atoms with E-state index in [-0.39, 0.29) is 11.2 Å². The van der Waals surface area contributed by atoms with Crippen molar-refractivity contribution in [1.82, 2.24) is 10.2 Å². The lowest BCUT2D eigenvalue weighted by Gasteiger charge is -2.21. The molecule has 1 aromatic rings. The van der Waals surface area contributed by atoms with Crippen LogP contribution in [-0.4, -0.2) is 16.2 Å². The molecule has 0 saturated carbocycles. The van der Waals surface area contributed by atoms with Crippen LogP contribution in [0.25, 0.3) is 0 Å². The van der Waals surface area contributed by atoms with E-state index in [0.29, 0.717) is 17.3 Å². The molecule has 7 heteroatoms. The van der Waals surface area contributed by atoms with Crippen LogP contribution in [0.2, 0.25) is 0 Å². The summed E-state index contributed by atoms with van der Waals surface area (Å²) >= 11 is 0.548. The fourth-order valence-corrected chi connectivity index (χ4v) is 2.41. The molecule has 1 heterocycles. The van der Waals surface area contributed by atoms with Crippen molar-refractivity contribution in [2.24, 2.45) is 5.92 Å². The van der Waals surface area contributed by atoms with Crippen LogP contribution < -0.4 is 5.32 Å². The third-order valence-electron chi connectivity index (χ3n) is 2.77. The second-order valence-electron chi connectivity index (χ2n) is 3.92. The van der Waals surface area contributed by atoms with Crippen LogP contribution >= 0.6 is 11.3 Å². The van der Waals surface area contributed by atoms with Crippen LogP contribution in [0, 0.1) is 5.92 Å². The molecule has 1 aromatic heterocycles. The maximum Gasteiger partial charge on any atom is 0.445 e. The Morgan fingerprint density at radius 3 is 2.24 bits per heavy atom. The molecule has 0 fully saturated rings. The van der Waals surface area contributed by atoms with Gasteiger partial charge in [-0.1, -0.05) is 38.0 Å². The number of rotatable bonds is 5. The monoisotopic (exact) mass is 267 g/mol. The van der Waals surface area contributed by atoms with Crippen molar-refractivity contribution in [2.75, 3.05) is 5.32 Å². The van der Waals surface area contributed by atoms with E-state index >= 15 is 0 Å². The lowest BCUT2D eigenvalue weighted by Crippen LogP contribution is -2.24. The molecule has 0 amide bonds. The summed E-state index contributed by atoms with van der Waals surface area (Å²) in [6.07, 6.45) is -2.44. The number of hydrogen-bond donors (Lipinski definition) is 1. The van der Waals surface area contributed by atoms with Crippen molar-refractivity contribution in [3.8, 4) is 0 Å². The molecule has 0 aliphatic heterocycles. The minimum absolute atomic E-state index is 0.0963. The van der Waals surface area contributed by atoms with Crippen molar-refractivity contribution in [3.63, 3.8) is 0 Å². The summed E-state index contributed by atoms with van der Waals surface area (Å²) in [6.45, 7) is 6.08. The largest absolute Gasteiger partial charge is 0.445 e. The Bertz CT molecular complexity index is 347. The number of alkyl halides is 3. The van der Waals surface area contributed by atoms with Crippen LogP contribution in [0.3, 0.4) is 0 Å². The lowest BCUT2D eigenvalue weighted by atomic mass is 9.96. The van der Waals surface area contributed by atoms with Crippen LogP contribution in [0.4, 0.5) is 18.3 Å². The zero-order valence-corrected chi connectivity index (χ0v) is 10.8. The number of hydrogen-bond acceptors (Lipinski definition) is 4. The van der Waals surface area contributed by atoms with Crippen molar-refractivity contribution in [3.05, 3.63) is 5.01 Å². The third kappa shape index (κ3) is 3.83. The van der Waals surface area contributed by atoms with Crippen LogP contribution in [-0.2, 0) is 6.18 Å². The predicted octanol–water partition coefficient (Wildman–Crippen LogP) is 3.79. The van der Waals surface area contributed by atoms with Crippen molar-refractivity contribution >= 4 is 16.5 Å². The van der Waals surface area contributed by atoms with Gasteiger partial charge in [0.1, 0.15) is 0 Å². The maximum absolute atomic E-state index is 12.3. The molecule has 0 spiro atoms. The fraction of sp³-hybridized carbons (Fsp3) is 0.800. The highest BCUT2D eigenvalue weighted by atomic mass is 32.1. The first-order valence-corrected chi connectivity index (χ1v) is 6.37. The molecule has 1 unspecified atom stereocenters. The highest BCUT2D eigenvalue weighted by molar-refractivity contribution is 7.15. The van der Waals surface area contributed by atoms with Gasteiger partial charge in [-0.3, -0.25) is 0 Å². The summed E-state index contributed by atoms with van der Waals surface area (Å²) in [6, 6.07) is 0.0963. The summed E-state index contributed by atoms with van der Waals surface area (Å²) in [5.74, 6) is 0.424. The second kappa shape index (κ2) is 5.66. The van der Waals surface area contributed by atoms with Gasteiger partial charge in [-0.25, -0.2) is 0 Å². The number of anilines is 1. The molecule has 1 atom stereocenters. The highest BCUT2D eigenvalue weighted by Crippen LogP contribution is 2.33. The van der Waals surface area contributed by atoms with E-state index in [1.165, 1.54) is 0 Å². The van der Waals surface area contributed by atoms with Crippen molar-refractivity contribution < 1.29 is 13.2 Å². The molecule has 0 saturated heterocycles. The molecule has 17 heavy (non-hydrogen) atoms. The van der Waals surface area contributed by atoms with Gasteiger partial charge in [0, 0.05) is 6.04 Å². The average Bonchev–Trinajstić information content (AvgIpc) is 2.67. The average molecular weight is 267 g/mol. The Hall–Kier alpha value is -0.850. The van der Waals surface area contributed by atoms with Gasteiger partial charge in [-0.15, -0.1) is 10.2 Å². The first-order chi connectivity index (χ1) is 7.88. The molecule has 98 valence electrons. The van der Waals surface area contributed by atoms with Gasteiger partial charge < -0.3 is 5.32 Å². The van der Waals surface area contributed by atoms with Gasteiger partial charge in [-0.2, -0.15) is 13.2 Å². The minimum Gasteiger partial charge on any atom is -0.357 e. The predicted molar refractivity (Wildman–Crippen MR) is 62.1 cm³/mol. The molecule has 0 bridgehead atoms. The quantitative estimate of drug-likeness (QED) is 0.882. The Morgan fingerprint density at radius 2 is 1.82 bits per heavy atom. The zero-order valence-electron chi connectivity index (χ0n) is 10.0. The number of aromatic nitrogens is 2. The van der Waals surface area contributed by atoms with Crippen LogP contribution in [0.5, 0.6) is 0 Å². The molecular formula is C10H16F3N3S. The van der Waals surface area contributed by atoms with E-state index in [1.807, 2.05) is 6.92 Å². The van der Waals surface area contributed by atoms with E-state index in [0.717, 1.165) is 12.8 Å². The first-order valence-electron chi connectivity index (χ1n) is 5.55. The molecule has 1 N–H and O–H groups in total. The number of halogens is 3. The molecule has 1 rings (SSSR count). The topological polar surface area (TPSA) is 37.8 Å². The Morgan fingerprint density at radius 1 is 1.24 bits per heavy atom. The van der Waals surface area contributed by atoms with E-state index in [9.17, 15) is 13.2 Å². The molecule has 0 aromatic carbocycles. The van der Waals surface area contributed by atoms with Gasteiger partial charge in [0.05, 0.1) is 0 Å². The molecule has 0 aliphatic rings. The summed E-state index contributed by atoms with van der Waals surface area (Å²) in [5, 5.41) is 8.95. The molecule has 0 radical (unpaired) electrons. The van der Waals surface area contributed by atoms with Crippen molar-refractivity contribution in [2.45, 2.75) is 45.8 Å². The lowest BCUT2D eigenvalue weighted by molar-refractivity contribution is -0.138. The molecule has 0 aliphatic carbocycles.